The van der Waals surface area contributed by atoms with E-state index in [1.807, 2.05) is 38.1 Å². The van der Waals surface area contributed by atoms with Crippen molar-refractivity contribution < 1.29 is 28.5 Å². The van der Waals surface area contributed by atoms with Gasteiger partial charge in [0.1, 0.15) is 23.0 Å². The molecular formula is C29H32N2O7S. The molecule has 206 valence electrons. The first kappa shape index (κ1) is 28.0. The van der Waals surface area contributed by atoms with Crippen LogP contribution < -0.4 is 33.8 Å². The van der Waals surface area contributed by atoms with E-state index >= 15 is 0 Å². The highest BCUT2D eigenvalue weighted by atomic mass is 32.1. The van der Waals surface area contributed by atoms with E-state index in [0.717, 1.165) is 5.56 Å². The van der Waals surface area contributed by atoms with Gasteiger partial charge < -0.3 is 23.7 Å². The molecule has 1 aromatic heterocycles. The fourth-order valence-corrected chi connectivity index (χ4v) is 5.44. The quantitative estimate of drug-likeness (QED) is 0.374. The van der Waals surface area contributed by atoms with Gasteiger partial charge >= 0.3 is 5.97 Å². The van der Waals surface area contributed by atoms with Gasteiger partial charge in [-0.2, -0.15) is 0 Å². The van der Waals surface area contributed by atoms with Crippen molar-refractivity contribution in [2.75, 3.05) is 27.9 Å². The molecular weight excluding hydrogens is 520 g/mol. The lowest BCUT2D eigenvalue weighted by atomic mass is 9.96. The summed E-state index contributed by atoms with van der Waals surface area (Å²) in [6.45, 7) is 7.59. The number of thiazole rings is 1. The van der Waals surface area contributed by atoms with Gasteiger partial charge in [0.25, 0.3) is 5.56 Å². The van der Waals surface area contributed by atoms with Crippen LogP contribution in [-0.4, -0.2) is 44.6 Å². The molecule has 2 aromatic carbocycles. The lowest BCUT2D eigenvalue weighted by Gasteiger charge is -2.25. The minimum Gasteiger partial charge on any atom is -0.496 e. The van der Waals surface area contributed by atoms with Gasteiger partial charge in [0.15, 0.2) is 4.80 Å². The number of aromatic nitrogens is 1. The molecule has 2 heterocycles. The largest absolute Gasteiger partial charge is 0.496 e. The number of allylic oxidation sites excluding steroid dienone is 1. The van der Waals surface area contributed by atoms with Crippen LogP contribution in [0.4, 0.5) is 0 Å². The Bertz CT molecular complexity index is 1560. The molecule has 1 aliphatic heterocycles. The van der Waals surface area contributed by atoms with E-state index in [-0.39, 0.29) is 18.3 Å². The topological polar surface area (TPSA) is 97.6 Å². The molecule has 0 amide bonds. The fraction of sp³-hybridized carbons (Fsp3) is 0.345. The third-order valence-corrected chi connectivity index (χ3v) is 7.10. The summed E-state index contributed by atoms with van der Waals surface area (Å²) in [5.74, 6) is 1.70. The molecule has 0 saturated heterocycles. The molecule has 1 aliphatic rings. The Kier molecular flexibility index (Phi) is 8.44. The number of esters is 1. The second kappa shape index (κ2) is 11.8. The maximum absolute atomic E-state index is 13.9. The van der Waals surface area contributed by atoms with E-state index in [4.69, 9.17) is 23.7 Å². The smallest absolute Gasteiger partial charge is 0.338 e. The second-order valence-corrected chi connectivity index (χ2v) is 9.99. The molecule has 9 nitrogen and oxygen atoms in total. The molecule has 0 radical (unpaired) electrons. The summed E-state index contributed by atoms with van der Waals surface area (Å²) in [6.07, 6.45) is 1.72. The van der Waals surface area contributed by atoms with Crippen LogP contribution in [0.5, 0.6) is 23.0 Å². The average molecular weight is 553 g/mol. The van der Waals surface area contributed by atoms with E-state index in [1.165, 1.54) is 30.1 Å². The number of benzene rings is 2. The van der Waals surface area contributed by atoms with Crippen molar-refractivity contribution in [2.45, 2.75) is 39.8 Å². The summed E-state index contributed by atoms with van der Waals surface area (Å²) in [4.78, 5) is 32.2. The predicted molar refractivity (Wildman–Crippen MR) is 149 cm³/mol. The Morgan fingerprint density at radius 2 is 1.69 bits per heavy atom. The van der Waals surface area contributed by atoms with Crippen LogP contribution in [0, 0.1) is 0 Å². The minimum atomic E-state index is -0.727. The van der Waals surface area contributed by atoms with E-state index < -0.39 is 12.0 Å². The molecule has 1 atom stereocenters. The maximum atomic E-state index is 13.9. The van der Waals surface area contributed by atoms with Crippen molar-refractivity contribution in [1.29, 1.82) is 0 Å². The molecule has 0 spiro atoms. The van der Waals surface area contributed by atoms with E-state index in [2.05, 4.69) is 4.99 Å². The van der Waals surface area contributed by atoms with Crippen molar-refractivity contribution in [1.82, 2.24) is 4.57 Å². The average Bonchev–Trinajstić information content (AvgIpc) is 3.22. The van der Waals surface area contributed by atoms with Gasteiger partial charge in [0, 0.05) is 12.1 Å². The molecule has 10 heteroatoms. The summed E-state index contributed by atoms with van der Waals surface area (Å²) >= 11 is 1.22. The summed E-state index contributed by atoms with van der Waals surface area (Å²) in [5, 5.41) is 0. The Hall–Kier alpha value is -4.05. The van der Waals surface area contributed by atoms with Crippen molar-refractivity contribution >= 4 is 23.4 Å². The minimum absolute atomic E-state index is 0.0118. The van der Waals surface area contributed by atoms with Crippen LogP contribution in [0.1, 0.15) is 44.9 Å². The highest BCUT2D eigenvalue weighted by Gasteiger charge is 2.33. The number of nitrogens with zero attached hydrogens (tertiary/aromatic N) is 2. The van der Waals surface area contributed by atoms with Crippen LogP contribution in [0.3, 0.4) is 0 Å². The zero-order valence-corrected chi connectivity index (χ0v) is 23.9. The number of carbonyl (C=O) groups is 1. The molecule has 0 bridgehead atoms. The van der Waals surface area contributed by atoms with Gasteiger partial charge in [0.2, 0.25) is 0 Å². The number of rotatable bonds is 9. The lowest BCUT2D eigenvalue weighted by Crippen LogP contribution is -2.39. The number of methoxy groups -OCH3 is 3. The number of ether oxygens (including phenoxy) is 5. The van der Waals surface area contributed by atoms with Gasteiger partial charge in [-0.1, -0.05) is 23.5 Å². The summed E-state index contributed by atoms with van der Waals surface area (Å²) in [7, 11) is 4.63. The first-order chi connectivity index (χ1) is 18.7. The van der Waals surface area contributed by atoms with Crippen LogP contribution in [0.15, 0.2) is 57.5 Å². The van der Waals surface area contributed by atoms with E-state index in [1.54, 1.807) is 39.2 Å². The molecule has 39 heavy (non-hydrogen) atoms. The summed E-state index contributed by atoms with van der Waals surface area (Å²) in [6, 6.07) is 10.1. The summed E-state index contributed by atoms with van der Waals surface area (Å²) < 4.78 is 29.6. The number of hydrogen-bond donors (Lipinski definition) is 0. The molecule has 0 unspecified atom stereocenters. The molecule has 0 fully saturated rings. The lowest BCUT2D eigenvalue weighted by molar-refractivity contribution is -0.139. The van der Waals surface area contributed by atoms with Gasteiger partial charge in [-0.15, -0.1) is 0 Å². The van der Waals surface area contributed by atoms with E-state index in [9.17, 15) is 9.59 Å². The SMILES string of the molecule is CCOC(=O)C1=C(C)N=c2s/c(=C/c3c(OC)cc(OC)cc3OC)c(=O)n2[C@@H]1c1ccc(OC(C)C)cc1. The van der Waals surface area contributed by atoms with Crippen molar-refractivity contribution in [3.05, 3.63) is 78.5 Å². The van der Waals surface area contributed by atoms with Crippen LogP contribution in [0.2, 0.25) is 0 Å². The Morgan fingerprint density at radius 1 is 1.05 bits per heavy atom. The zero-order valence-electron chi connectivity index (χ0n) is 23.1. The molecule has 4 rings (SSSR count). The first-order valence-corrected chi connectivity index (χ1v) is 13.3. The standard InChI is InChI=1S/C29H32N2O7S/c1-8-37-28(33)25-17(4)30-29-31(26(25)18-9-11-19(12-10-18)38-16(2)3)27(32)24(39-29)15-21-22(35-6)13-20(34-5)14-23(21)36-7/h9-16,26H,8H2,1-7H3/b24-15+/t26-/m1/s1. The Labute approximate surface area is 230 Å². The monoisotopic (exact) mass is 552 g/mol. The zero-order chi connectivity index (χ0) is 28.3. The van der Waals surface area contributed by atoms with Gasteiger partial charge in [-0.25, -0.2) is 9.79 Å². The van der Waals surface area contributed by atoms with Crippen LogP contribution in [-0.2, 0) is 9.53 Å². The van der Waals surface area contributed by atoms with Crippen molar-refractivity contribution in [3.63, 3.8) is 0 Å². The second-order valence-electron chi connectivity index (χ2n) is 8.98. The van der Waals surface area contributed by atoms with Gasteiger partial charge in [0.05, 0.1) is 61.4 Å². The van der Waals surface area contributed by atoms with Crippen LogP contribution >= 0.6 is 11.3 Å². The molecule has 0 aliphatic carbocycles. The Balaban J connectivity index is 1.94. The molecule has 0 N–H and O–H groups in total. The predicted octanol–water partition coefficient (Wildman–Crippen LogP) is 3.61. The summed E-state index contributed by atoms with van der Waals surface area (Å²) in [5.41, 5.74) is 1.82. The fourth-order valence-electron chi connectivity index (χ4n) is 4.41. The third-order valence-electron chi connectivity index (χ3n) is 6.11. The molecule has 3 aromatic rings. The highest BCUT2D eigenvalue weighted by molar-refractivity contribution is 7.07. The van der Waals surface area contributed by atoms with Crippen molar-refractivity contribution in [2.24, 2.45) is 4.99 Å². The number of fused-ring (bicyclic) bond motifs is 1. The van der Waals surface area contributed by atoms with E-state index in [0.29, 0.717) is 49.2 Å². The molecule has 0 saturated carbocycles. The van der Waals surface area contributed by atoms with Gasteiger partial charge in [-0.05, 0) is 51.5 Å². The van der Waals surface area contributed by atoms with Gasteiger partial charge in [-0.3, -0.25) is 9.36 Å². The maximum Gasteiger partial charge on any atom is 0.338 e. The van der Waals surface area contributed by atoms with Crippen LogP contribution in [0.25, 0.3) is 6.08 Å². The highest BCUT2D eigenvalue weighted by Crippen LogP contribution is 2.35. The number of hydrogen-bond acceptors (Lipinski definition) is 9. The number of carbonyl (C=O) groups excluding carboxylic acids is 1. The third kappa shape index (κ3) is 5.56. The van der Waals surface area contributed by atoms with Crippen molar-refractivity contribution in [3.8, 4) is 23.0 Å². The normalized spacial score (nSPS) is 15.1. The first-order valence-electron chi connectivity index (χ1n) is 12.5. The Morgan fingerprint density at radius 3 is 2.23 bits per heavy atom.